The van der Waals surface area contributed by atoms with Gasteiger partial charge in [-0.05, 0) is 29.8 Å². The number of imide groups is 1. The Bertz CT molecular complexity index is 1140. The highest BCUT2D eigenvalue weighted by atomic mass is 19.4. The number of halogens is 3. The summed E-state index contributed by atoms with van der Waals surface area (Å²) in [4.78, 5) is 38.7. The van der Waals surface area contributed by atoms with Crippen LogP contribution in [0.5, 0.6) is 23.0 Å². The molecule has 0 saturated carbocycles. The predicted octanol–water partition coefficient (Wildman–Crippen LogP) is 2.46. The first-order valence-electron chi connectivity index (χ1n) is 9.98. The molecule has 2 N–H and O–H groups in total. The van der Waals surface area contributed by atoms with Crippen LogP contribution in [0.3, 0.4) is 0 Å². The monoisotopic (exact) mass is 497 g/mol. The molecule has 3 rings (SSSR count). The van der Waals surface area contributed by atoms with E-state index in [-0.39, 0.29) is 22.8 Å². The topological polar surface area (TPSA) is 115 Å². The normalized spacial score (nSPS) is 17.6. The van der Waals surface area contributed by atoms with Crippen molar-refractivity contribution in [1.82, 2.24) is 15.5 Å². The molecular formula is C22H22F3N3O7. The molecule has 1 heterocycles. The quantitative estimate of drug-likeness (QED) is 0.539. The van der Waals surface area contributed by atoms with Gasteiger partial charge in [-0.15, -0.1) is 0 Å². The van der Waals surface area contributed by atoms with Crippen molar-refractivity contribution in [3.63, 3.8) is 0 Å². The molecule has 0 spiro atoms. The molecule has 1 fully saturated rings. The van der Waals surface area contributed by atoms with Gasteiger partial charge >= 0.3 is 12.2 Å². The Morgan fingerprint density at radius 3 is 2.09 bits per heavy atom. The van der Waals surface area contributed by atoms with Crippen LogP contribution in [0, 0.1) is 0 Å². The van der Waals surface area contributed by atoms with Crippen LogP contribution in [-0.2, 0) is 11.3 Å². The van der Waals surface area contributed by atoms with Crippen LogP contribution in [0.25, 0.3) is 0 Å². The van der Waals surface area contributed by atoms with Crippen LogP contribution in [0.1, 0.15) is 15.9 Å². The van der Waals surface area contributed by atoms with E-state index in [4.69, 9.17) is 18.9 Å². The number of methoxy groups -OCH3 is 4. The summed E-state index contributed by atoms with van der Waals surface area (Å²) >= 11 is 0. The lowest BCUT2D eigenvalue weighted by atomic mass is 10.1. The van der Waals surface area contributed by atoms with Crippen molar-refractivity contribution in [3.05, 3.63) is 47.5 Å². The van der Waals surface area contributed by atoms with Gasteiger partial charge in [-0.1, -0.05) is 12.1 Å². The van der Waals surface area contributed by atoms with Gasteiger partial charge in [0.2, 0.25) is 5.75 Å². The van der Waals surface area contributed by atoms with Crippen molar-refractivity contribution in [1.29, 1.82) is 0 Å². The lowest BCUT2D eigenvalue weighted by Gasteiger charge is -2.30. The molecule has 1 saturated heterocycles. The fourth-order valence-corrected chi connectivity index (χ4v) is 3.50. The standard InChI is InChI=1S/C22H22F3N3O7/c1-32-13-7-5-12(6-8-13)11-28-19(30)21(22(23,24)25,27-20(28)31)26-18(29)14-9-10-15(33-2)17(35-4)16(14)34-3/h5-10H,11H2,1-4H3,(H,26,29)(H,27,31)/t21-/m1/s1. The zero-order valence-corrected chi connectivity index (χ0v) is 19.1. The maximum atomic E-state index is 14.2. The minimum atomic E-state index is -5.38. The summed E-state index contributed by atoms with van der Waals surface area (Å²) in [6.07, 6.45) is -5.38. The Labute approximate surface area is 197 Å². The molecule has 0 bridgehead atoms. The second kappa shape index (κ2) is 9.60. The van der Waals surface area contributed by atoms with Gasteiger partial charge < -0.3 is 24.3 Å². The van der Waals surface area contributed by atoms with Gasteiger partial charge in [0, 0.05) is 0 Å². The van der Waals surface area contributed by atoms with E-state index in [1.165, 1.54) is 58.8 Å². The van der Waals surface area contributed by atoms with Crippen LogP contribution in [0.15, 0.2) is 36.4 Å². The summed E-state index contributed by atoms with van der Waals surface area (Å²) < 4.78 is 63.0. The number of nitrogens with zero attached hydrogens (tertiary/aromatic N) is 1. The van der Waals surface area contributed by atoms with Gasteiger partial charge in [-0.2, -0.15) is 13.2 Å². The van der Waals surface area contributed by atoms with Gasteiger partial charge in [0.1, 0.15) is 5.75 Å². The highest BCUT2D eigenvalue weighted by molar-refractivity contribution is 6.10. The predicted molar refractivity (Wildman–Crippen MR) is 114 cm³/mol. The van der Waals surface area contributed by atoms with Crippen molar-refractivity contribution >= 4 is 17.8 Å². The summed E-state index contributed by atoms with van der Waals surface area (Å²) in [5, 5.41) is 3.24. The number of rotatable bonds is 8. The molecule has 0 radical (unpaired) electrons. The molecule has 0 unspecified atom stereocenters. The number of alkyl halides is 3. The summed E-state index contributed by atoms with van der Waals surface area (Å²) in [6, 6.07) is 7.10. The Morgan fingerprint density at radius 2 is 1.57 bits per heavy atom. The van der Waals surface area contributed by atoms with Crippen molar-refractivity contribution in [2.75, 3.05) is 28.4 Å². The molecule has 0 aromatic heterocycles. The molecule has 10 nitrogen and oxygen atoms in total. The van der Waals surface area contributed by atoms with Crippen LogP contribution in [0.4, 0.5) is 18.0 Å². The average Bonchev–Trinajstić information content (AvgIpc) is 3.08. The molecule has 188 valence electrons. The average molecular weight is 497 g/mol. The van der Waals surface area contributed by atoms with Crippen LogP contribution in [0.2, 0.25) is 0 Å². The van der Waals surface area contributed by atoms with Crippen molar-refractivity contribution < 1.29 is 46.5 Å². The Kier molecular flexibility index (Phi) is 6.99. The third-order valence-corrected chi connectivity index (χ3v) is 5.28. The number of ether oxygens (including phenoxy) is 4. The zero-order valence-electron chi connectivity index (χ0n) is 19.1. The first kappa shape index (κ1) is 25.5. The van der Waals surface area contributed by atoms with Gasteiger partial charge in [0.25, 0.3) is 17.5 Å². The summed E-state index contributed by atoms with van der Waals surface area (Å²) in [6.45, 7) is -0.470. The molecule has 1 atom stereocenters. The molecule has 2 aromatic rings. The van der Waals surface area contributed by atoms with Gasteiger partial charge in [0.15, 0.2) is 11.5 Å². The summed E-state index contributed by atoms with van der Waals surface area (Å²) in [5.74, 6) is -2.69. The van der Waals surface area contributed by atoms with Crippen LogP contribution < -0.4 is 29.6 Å². The highest BCUT2D eigenvalue weighted by Crippen LogP contribution is 2.41. The van der Waals surface area contributed by atoms with Gasteiger partial charge in [-0.3, -0.25) is 19.8 Å². The molecule has 4 amide bonds. The highest BCUT2D eigenvalue weighted by Gasteiger charge is 2.68. The zero-order chi connectivity index (χ0) is 26.0. The minimum Gasteiger partial charge on any atom is -0.497 e. The lowest BCUT2D eigenvalue weighted by molar-refractivity contribution is -0.200. The molecule has 0 aliphatic carbocycles. The van der Waals surface area contributed by atoms with Crippen molar-refractivity contribution in [3.8, 4) is 23.0 Å². The third kappa shape index (κ3) is 4.48. The summed E-state index contributed by atoms with van der Waals surface area (Å²) in [5.41, 5.74) is -3.73. The Hall–Kier alpha value is -4.16. The number of nitrogens with one attached hydrogen (secondary N) is 2. The molecule has 2 aromatic carbocycles. The van der Waals surface area contributed by atoms with E-state index in [1.807, 2.05) is 0 Å². The van der Waals surface area contributed by atoms with E-state index in [9.17, 15) is 27.6 Å². The van der Waals surface area contributed by atoms with Gasteiger partial charge in [-0.25, -0.2) is 4.79 Å². The fraction of sp³-hybridized carbons (Fsp3) is 0.318. The van der Waals surface area contributed by atoms with Gasteiger partial charge in [0.05, 0.1) is 40.5 Å². The minimum absolute atomic E-state index is 0.0494. The number of amides is 4. The fourth-order valence-electron chi connectivity index (χ4n) is 3.50. The Balaban J connectivity index is 1.97. The lowest BCUT2D eigenvalue weighted by Crippen LogP contribution is -2.69. The Morgan fingerprint density at radius 1 is 0.943 bits per heavy atom. The van der Waals surface area contributed by atoms with E-state index in [1.54, 1.807) is 10.6 Å². The van der Waals surface area contributed by atoms with Crippen LogP contribution >= 0.6 is 0 Å². The van der Waals surface area contributed by atoms with E-state index in [0.717, 1.165) is 6.07 Å². The molecule has 1 aliphatic heterocycles. The second-order valence-electron chi connectivity index (χ2n) is 7.25. The summed E-state index contributed by atoms with van der Waals surface area (Å²) in [7, 11) is 5.17. The number of hydrogen-bond donors (Lipinski definition) is 2. The van der Waals surface area contributed by atoms with E-state index >= 15 is 0 Å². The molecule has 1 aliphatic rings. The van der Waals surface area contributed by atoms with E-state index in [0.29, 0.717) is 16.2 Å². The molecular weight excluding hydrogens is 475 g/mol. The second-order valence-corrected chi connectivity index (χ2v) is 7.25. The smallest absolute Gasteiger partial charge is 0.440 e. The van der Waals surface area contributed by atoms with E-state index in [2.05, 4.69) is 0 Å². The first-order chi connectivity index (χ1) is 16.5. The number of benzene rings is 2. The molecule has 35 heavy (non-hydrogen) atoms. The van der Waals surface area contributed by atoms with Crippen molar-refractivity contribution in [2.45, 2.75) is 18.4 Å². The largest absolute Gasteiger partial charge is 0.497 e. The maximum Gasteiger partial charge on any atom is 0.440 e. The number of hydrogen-bond acceptors (Lipinski definition) is 7. The maximum absolute atomic E-state index is 14.2. The first-order valence-corrected chi connectivity index (χ1v) is 9.98. The van der Waals surface area contributed by atoms with E-state index < -0.39 is 36.2 Å². The third-order valence-electron chi connectivity index (χ3n) is 5.28. The van der Waals surface area contributed by atoms with Crippen LogP contribution in [-0.4, -0.2) is 63.0 Å². The number of carbonyl (C=O) groups is 3. The van der Waals surface area contributed by atoms with Crippen molar-refractivity contribution in [2.24, 2.45) is 0 Å². The molecule has 13 heteroatoms. The number of urea groups is 1. The number of carbonyl (C=O) groups excluding carboxylic acids is 3. The SMILES string of the molecule is COc1ccc(CN2C(=O)N[C@@](NC(=O)c3ccc(OC)c(OC)c3OC)(C(F)(F)F)C2=O)cc1.